The van der Waals surface area contributed by atoms with Gasteiger partial charge in [0.05, 0.1) is 34.6 Å². The lowest BCUT2D eigenvalue weighted by Crippen LogP contribution is -2.64. The van der Waals surface area contributed by atoms with E-state index in [0.29, 0.717) is 17.0 Å². The number of ether oxygens (including phenoxy) is 3. The van der Waals surface area contributed by atoms with Crippen LogP contribution in [0.2, 0.25) is 10.0 Å². The molecule has 2 heterocycles. The predicted molar refractivity (Wildman–Crippen MR) is 122 cm³/mol. The molecule has 1 saturated heterocycles. The number of nitrogens with zero attached hydrogens (tertiary/aromatic N) is 1. The Balaban J connectivity index is 1.78. The SMILES string of the molecule is CO[C@H]1O[C@H](CO)[C@@H](O)[C@H](O)[C@H]1NC(=O)c1cc(Cl)c(OCc2cccc(CO)n2)c(Cl)c1C. The van der Waals surface area contributed by atoms with Crippen molar-refractivity contribution >= 4 is 29.1 Å². The van der Waals surface area contributed by atoms with Gasteiger partial charge in [-0.25, -0.2) is 0 Å². The fraction of sp³-hybridized carbons (Fsp3) is 0.455. The van der Waals surface area contributed by atoms with Crippen LogP contribution in [0.25, 0.3) is 0 Å². The molecule has 2 aromatic rings. The Morgan fingerprint density at radius 2 is 1.91 bits per heavy atom. The summed E-state index contributed by atoms with van der Waals surface area (Å²) in [6, 6.07) is 5.36. The van der Waals surface area contributed by atoms with E-state index in [1.54, 1.807) is 25.1 Å². The number of methoxy groups -OCH3 is 1. The average molecular weight is 517 g/mol. The first-order valence-corrected chi connectivity index (χ1v) is 11.1. The zero-order valence-corrected chi connectivity index (χ0v) is 20.0. The Morgan fingerprint density at radius 3 is 2.56 bits per heavy atom. The zero-order chi connectivity index (χ0) is 25.0. The van der Waals surface area contributed by atoms with Gasteiger partial charge in [-0.05, 0) is 30.7 Å². The van der Waals surface area contributed by atoms with Crippen LogP contribution < -0.4 is 10.1 Å². The summed E-state index contributed by atoms with van der Waals surface area (Å²) in [4.78, 5) is 17.2. The second-order valence-corrected chi connectivity index (χ2v) is 8.47. The lowest BCUT2D eigenvalue weighted by Gasteiger charge is -2.41. The molecule has 34 heavy (non-hydrogen) atoms. The van der Waals surface area contributed by atoms with Gasteiger partial charge in [0.2, 0.25) is 0 Å². The predicted octanol–water partition coefficient (Wildman–Crippen LogP) is 0.952. The summed E-state index contributed by atoms with van der Waals surface area (Å²) in [7, 11) is 1.30. The third-order valence-electron chi connectivity index (χ3n) is 5.47. The number of pyridine rings is 1. The molecule has 0 unspecified atom stereocenters. The summed E-state index contributed by atoms with van der Waals surface area (Å²) in [5.74, 6) is -0.486. The molecule has 186 valence electrons. The van der Waals surface area contributed by atoms with Crippen molar-refractivity contribution in [3.63, 3.8) is 0 Å². The molecule has 5 N–H and O–H groups in total. The van der Waals surface area contributed by atoms with Crippen LogP contribution in [0.4, 0.5) is 0 Å². The highest BCUT2D eigenvalue weighted by atomic mass is 35.5. The molecule has 0 radical (unpaired) electrons. The molecule has 1 aromatic carbocycles. The number of carbonyl (C=O) groups is 1. The van der Waals surface area contributed by atoms with Crippen molar-refractivity contribution in [1.82, 2.24) is 10.3 Å². The molecule has 1 fully saturated rings. The number of nitrogens with one attached hydrogen (secondary N) is 1. The lowest BCUT2D eigenvalue weighted by molar-refractivity contribution is -0.261. The molecule has 5 atom stereocenters. The van der Waals surface area contributed by atoms with Crippen LogP contribution in [-0.2, 0) is 22.7 Å². The fourth-order valence-electron chi connectivity index (χ4n) is 3.57. The Labute approximate surface area is 206 Å². The van der Waals surface area contributed by atoms with Gasteiger partial charge < -0.3 is 40.0 Å². The number of halogens is 2. The highest BCUT2D eigenvalue weighted by Gasteiger charge is 2.45. The van der Waals surface area contributed by atoms with Gasteiger partial charge in [0.1, 0.15) is 31.0 Å². The number of carbonyl (C=O) groups excluding carboxylic acids is 1. The molecule has 1 aromatic heterocycles. The van der Waals surface area contributed by atoms with Gasteiger partial charge in [0.15, 0.2) is 12.0 Å². The minimum absolute atomic E-state index is 0.0311. The minimum Gasteiger partial charge on any atom is -0.484 e. The first kappa shape index (κ1) is 26.6. The normalized spacial score (nSPS) is 24.6. The topological polar surface area (TPSA) is 151 Å². The highest BCUT2D eigenvalue weighted by molar-refractivity contribution is 6.38. The molecule has 0 spiro atoms. The van der Waals surface area contributed by atoms with Crippen LogP contribution >= 0.6 is 23.2 Å². The summed E-state index contributed by atoms with van der Waals surface area (Å²) < 4.78 is 16.3. The number of aromatic nitrogens is 1. The van der Waals surface area contributed by atoms with E-state index >= 15 is 0 Å². The molecule has 1 aliphatic rings. The molecule has 3 rings (SSSR count). The Bertz CT molecular complexity index is 1020. The maximum Gasteiger partial charge on any atom is 0.252 e. The van der Waals surface area contributed by atoms with Crippen molar-refractivity contribution in [1.29, 1.82) is 0 Å². The summed E-state index contributed by atoms with van der Waals surface area (Å²) in [6.45, 7) is 0.886. The van der Waals surface area contributed by atoms with E-state index in [0.717, 1.165) is 0 Å². The van der Waals surface area contributed by atoms with Crippen molar-refractivity contribution in [2.24, 2.45) is 0 Å². The fourth-order valence-corrected chi connectivity index (χ4v) is 4.14. The number of benzene rings is 1. The first-order valence-electron chi connectivity index (χ1n) is 10.3. The van der Waals surface area contributed by atoms with Crippen LogP contribution in [0, 0.1) is 6.92 Å². The van der Waals surface area contributed by atoms with E-state index in [1.165, 1.54) is 13.2 Å². The lowest BCUT2D eigenvalue weighted by atomic mass is 9.96. The average Bonchev–Trinajstić information content (AvgIpc) is 2.84. The van der Waals surface area contributed by atoms with Gasteiger partial charge >= 0.3 is 0 Å². The van der Waals surface area contributed by atoms with Gasteiger partial charge in [-0.2, -0.15) is 0 Å². The molecule has 10 nitrogen and oxygen atoms in total. The van der Waals surface area contributed by atoms with Crippen LogP contribution in [0.15, 0.2) is 24.3 Å². The number of rotatable bonds is 8. The Morgan fingerprint density at radius 1 is 1.21 bits per heavy atom. The van der Waals surface area contributed by atoms with Crippen molar-refractivity contribution in [2.45, 2.75) is 50.8 Å². The molecular weight excluding hydrogens is 491 g/mol. The van der Waals surface area contributed by atoms with E-state index in [2.05, 4.69) is 10.3 Å². The molecule has 0 saturated carbocycles. The second kappa shape index (κ2) is 11.6. The standard InChI is InChI=1S/C22H26Cl2N2O8/c1-10-13(21(31)26-17-19(30)18(29)15(8-28)34-22(17)32-2)6-14(23)20(16(10)24)33-9-12-5-3-4-11(7-27)25-12/h3-6,15,17-19,22,27-30H,7-9H2,1-2H3,(H,26,31)/t15-,17-,18-,19-,22+/m1/s1. The molecular formula is C22H26Cl2N2O8. The van der Waals surface area contributed by atoms with Crippen molar-refractivity contribution in [3.8, 4) is 5.75 Å². The third kappa shape index (κ3) is 5.61. The first-order chi connectivity index (χ1) is 16.2. The molecule has 1 aliphatic heterocycles. The quantitative estimate of drug-likeness (QED) is 0.345. The summed E-state index contributed by atoms with van der Waals surface area (Å²) in [5, 5.41) is 41.9. The maximum atomic E-state index is 13.0. The van der Waals surface area contributed by atoms with Gasteiger partial charge in [0.25, 0.3) is 5.91 Å². The van der Waals surface area contributed by atoms with Crippen LogP contribution in [0.3, 0.4) is 0 Å². The number of aliphatic hydroxyl groups excluding tert-OH is 4. The monoisotopic (exact) mass is 516 g/mol. The van der Waals surface area contributed by atoms with Crippen LogP contribution in [0.5, 0.6) is 5.75 Å². The largest absolute Gasteiger partial charge is 0.484 e. The molecule has 0 bridgehead atoms. The van der Waals surface area contributed by atoms with Crippen LogP contribution in [0.1, 0.15) is 27.3 Å². The van der Waals surface area contributed by atoms with E-state index < -0.39 is 43.2 Å². The third-order valence-corrected chi connectivity index (χ3v) is 6.20. The number of hydrogen-bond donors (Lipinski definition) is 5. The van der Waals surface area contributed by atoms with Crippen molar-refractivity contribution < 1.29 is 39.4 Å². The number of aliphatic hydroxyl groups is 4. The smallest absolute Gasteiger partial charge is 0.252 e. The maximum absolute atomic E-state index is 13.0. The van der Waals surface area contributed by atoms with Gasteiger partial charge in [-0.1, -0.05) is 29.3 Å². The van der Waals surface area contributed by atoms with E-state index in [4.69, 9.17) is 37.4 Å². The number of amides is 1. The molecule has 1 amide bonds. The summed E-state index contributed by atoms with van der Waals surface area (Å²) in [5.41, 5.74) is 1.52. The molecule has 12 heteroatoms. The van der Waals surface area contributed by atoms with E-state index in [-0.39, 0.29) is 34.6 Å². The van der Waals surface area contributed by atoms with Crippen LogP contribution in [-0.4, -0.2) is 75.7 Å². The van der Waals surface area contributed by atoms with Gasteiger partial charge in [0, 0.05) is 12.7 Å². The van der Waals surface area contributed by atoms with Gasteiger partial charge in [-0.3, -0.25) is 9.78 Å². The Hall–Kier alpha value is -2.02. The minimum atomic E-state index is -1.46. The van der Waals surface area contributed by atoms with E-state index in [9.17, 15) is 25.2 Å². The van der Waals surface area contributed by atoms with Crippen molar-refractivity contribution in [3.05, 3.63) is 56.8 Å². The molecule has 0 aliphatic carbocycles. The number of hydrogen-bond acceptors (Lipinski definition) is 9. The second-order valence-electron chi connectivity index (χ2n) is 7.68. The van der Waals surface area contributed by atoms with Crippen molar-refractivity contribution in [2.75, 3.05) is 13.7 Å². The zero-order valence-electron chi connectivity index (χ0n) is 18.4. The van der Waals surface area contributed by atoms with Gasteiger partial charge in [-0.15, -0.1) is 0 Å². The van der Waals surface area contributed by atoms with E-state index in [1.807, 2.05) is 0 Å². The highest BCUT2D eigenvalue weighted by Crippen LogP contribution is 2.38. The summed E-state index contributed by atoms with van der Waals surface area (Å²) in [6.07, 6.45) is -5.09. The Kier molecular flexibility index (Phi) is 9.07. The summed E-state index contributed by atoms with van der Waals surface area (Å²) >= 11 is 12.8.